The number of halogens is 4. The molecule has 0 bridgehead atoms. The largest absolute Gasteiger partial charge is 0.306 e. The quantitative estimate of drug-likeness (QED) is 0.585. The standard InChI is InChI=1S/C14H13BrCl3NS/c1-2-6-19-13(11-7-10(18)14(15)20-11)12-8(16)4-3-5-9(12)17/h3-5,7,13,19H,2,6H2,1H3. The highest BCUT2D eigenvalue weighted by Crippen LogP contribution is 2.41. The van der Waals surface area contributed by atoms with Gasteiger partial charge in [0.2, 0.25) is 0 Å². The minimum absolute atomic E-state index is 0.0510. The van der Waals surface area contributed by atoms with E-state index in [4.69, 9.17) is 34.8 Å². The number of hydrogen-bond acceptors (Lipinski definition) is 2. The van der Waals surface area contributed by atoms with E-state index in [1.165, 1.54) is 0 Å². The summed E-state index contributed by atoms with van der Waals surface area (Å²) in [6, 6.07) is 7.46. The Labute approximate surface area is 146 Å². The molecule has 0 fully saturated rings. The highest BCUT2D eigenvalue weighted by molar-refractivity contribution is 9.11. The van der Waals surface area contributed by atoms with Crippen LogP contribution in [-0.4, -0.2) is 6.54 Å². The van der Waals surface area contributed by atoms with Gasteiger partial charge in [-0.2, -0.15) is 0 Å². The van der Waals surface area contributed by atoms with Crippen molar-refractivity contribution >= 4 is 62.1 Å². The van der Waals surface area contributed by atoms with E-state index in [1.54, 1.807) is 11.3 Å². The maximum atomic E-state index is 6.34. The topological polar surface area (TPSA) is 12.0 Å². The SMILES string of the molecule is CCCNC(c1cc(Cl)c(Br)s1)c1c(Cl)cccc1Cl. The fourth-order valence-corrected chi connectivity index (χ4v) is 4.37. The lowest BCUT2D eigenvalue weighted by molar-refractivity contribution is 0.606. The van der Waals surface area contributed by atoms with Gasteiger partial charge in [-0.1, -0.05) is 47.8 Å². The van der Waals surface area contributed by atoms with E-state index in [2.05, 4.69) is 28.2 Å². The smallest absolute Gasteiger partial charge is 0.0888 e. The first-order valence-electron chi connectivity index (χ1n) is 6.16. The summed E-state index contributed by atoms with van der Waals surface area (Å²) < 4.78 is 0.917. The number of nitrogens with one attached hydrogen (secondary N) is 1. The number of benzene rings is 1. The van der Waals surface area contributed by atoms with Gasteiger partial charge in [0, 0.05) is 20.5 Å². The molecule has 20 heavy (non-hydrogen) atoms. The third-order valence-corrected chi connectivity index (χ3v) is 6.03. The Balaban J connectivity index is 2.47. The van der Waals surface area contributed by atoms with Crippen LogP contribution in [0.25, 0.3) is 0 Å². The minimum atomic E-state index is -0.0510. The van der Waals surface area contributed by atoms with E-state index in [1.807, 2.05) is 24.3 Å². The second-order valence-corrected chi connectivity index (χ2v) is 7.92. The van der Waals surface area contributed by atoms with Crippen molar-refractivity contribution in [3.05, 3.63) is 53.6 Å². The van der Waals surface area contributed by atoms with Crippen LogP contribution >= 0.6 is 62.1 Å². The van der Waals surface area contributed by atoms with Gasteiger partial charge in [-0.05, 0) is 47.1 Å². The molecule has 2 aromatic rings. The van der Waals surface area contributed by atoms with Crippen LogP contribution in [0.1, 0.15) is 29.8 Å². The summed E-state index contributed by atoms with van der Waals surface area (Å²) in [6.45, 7) is 2.99. The molecule has 0 spiro atoms. The van der Waals surface area contributed by atoms with Crippen LogP contribution in [-0.2, 0) is 0 Å². The maximum Gasteiger partial charge on any atom is 0.0888 e. The molecule has 108 valence electrons. The van der Waals surface area contributed by atoms with Crippen molar-refractivity contribution in [2.45, 2.75) is 19.4 Å². The third kappa shape index (κ3) is 3.70. The Hall–Kier alpha value is 0.230. The molecular weight excluding hydrogens is 400 g/mol. The Morgan fingerprint density at radius 2 is 1.85 bits per heavy atom. The van der Waals surface area contributed by atoms with Gasteiger partial charge in [0.25, 0.3) is 0 Å². The minimum Gasteiger partial charge on any atom is -0.306 e. The molecule has 1 aromatic heterocycles. The summed E-state index contributed by atoms with van der Waals surface area (Å²) in [7, 11) is 0. The summed E-state index contributed by atoms with van der Waals surface area (Å²) in [5.74, 6) is 0. The molecule has 1 atom stereocenters. The van der Waals surface area contributed by atoms with Crippen molar-refractivity contribution in [1.82, 2.24) is 5.32 Å². The molecule has 6 heteroatoms. The van der Waals surface area contributed by atoms with Gasteiger partial charge in [0.15, 0.2) is 0 Å². The first kappa shape index (κ1) is 16.6. The van der Waals surface area contributed by atoms with Crippen LogP contribution in [0.15, 0.2) is 28.1 Å². The van der Waals surface area contributed by atoms with E-state index < -0.39 is 0 Å². The average Bonchev–Trinajstić information content (AvgIpc) is 2.73. The molecule has 1 nitrogen and oxygen atoms in total. The number of hydrogen-bond donors (Lipinski definition) is 1. The van der Waals surface area contributed by atoms with Crippen molar-refractivity contribution in [3.63, 3.8) is 0 Å². The first-order valence-corrected chi connectivity index (χ1v) is 8.91. The van der Waals surface area contributed by atoms with Gasteiger partial charge in [0.1, 0.15) is 0 Å². The van der Waals surface area contributed by atoms with Crippen LogP contribution in [0.5, 0.6) is 0 Å². The molecule has 1 aromatic carbocycles. The Morgan fingerprint density at radius 1 is 1.20 bits per heavy atom. The van der Waals surface area contributed by atoms with Gasteiger partial charge in [-0.3, -0.25) is 0 Å². The molecule has 0 saturated heterocycles. The summed E-state index contributed by atoms with van der Waals surface area (Å²) >= 11 is 23.9. The maximum absolute atomic E-state index is 6.34. The molecule has 0 saturated carbocycles. The van der Waals surface area contributed by atoms with E-state index in [0.29, 0.717) is 15.1 Å². The van der Waals surface area contributed by atoms with Crippen molar-refractivity contribution < 1.29 is 0 Å². The van der Waals surface area contributed by atoms with E-state index in [0.717, 1.165) is 27.2 Å². The van der Waals surface area contributed by atoms with Crippen molar-refractivity contribution in [2.24, 2.45) is 0 Å². The zero-order chi connectivity index (χ0) is 14.7. The molecule has 0 aliphatic heterocycles. The predicted octanol–water partition coefficient (Wildman–Crippen LogP) is 6.56. The second-order valence-electron chi connectivity index (χ2n) is 4.29. The Morgan fingerprint density at radius 3 is 2.35 bits per heavy atom. The highest BCUT2D eigenvalue weighted by Gasteiger charge is 2.22. The predicted molar refractivity (Wildman–Crippen MR) is 93.6 cm³/mol. The van der Waals surface area contributed by atoms with E-state index in [-0.39, 0.29) is 6.04 Å². The molecular formula is C14H13BrCl3NS. The fraction of sp³-hybridized carbons (Fsp3) is 0.286. The average molecular weight is 414 g/mol. The van der Waals surface area contributed by atoms with Gasteiger partial charge >= 0.3 is 0 Å². The third-order valence-electron chi connectivity index (χ3n) is 2.84. The van der Waals surface area contributed by atoms with Gasteiger partial charge in [0.05, 0.1) is 14.9 Å². The van der Waals surface area contributed by atoms with E-state index in [9.17, 15) is 0 Å². The molecule has 0 aliphatic rings. The summed E-state index contributed by atoms with van der Waals surface area (Å²) in [5, 5.41) is 5.51. The lowest BCUT2D eigenvalue weighted by atomic mass is 10.0. The van der Waals surface area contributed by atoms with Gasteiger partial charge in [-0.25, -0.2) is 0 Å². The van der Waals surface area contributed by atoms with Crippen molar-refractivity contribution in [3.8, 4) is 0 Å². The fourth-order valence-electron chi connectivity index (χ4n) is 1.93. The molecule has 1 heterocycles. The van der Waals surface area contributed by atoms with Crippen LogP contribution in [0.3, 0.4) is 0 Å². The van der Waals surface area contributed by atoms with Crippen LogP contribution in [0.2, 0.25) is 15.1 Å². The summed E-state index contributed by atoms with van der Waals surface area (Å²) in [5.41, 5.74) is 0.898. The Bertz CT molecular complexity index is 560. The monoisotopic (exact) mass is 411 g/mol. The first-order chi connectivity index (χ1) is 9.54. The van der Waals surface area contributed by atoms with Gasteiger partial charge in [-0.15, -0.1) is 11.3 Å². The van der Waals surface area contributed by atoms with Crippen molar-refractivity contribution in [1.29, 1.82) is 0 Å². The molecule has 1 unspecified atom stereocenters. The Kier molecular flexibility index (Phi) is 6.21. The number of thiophene rings is 1. The van der Waals surface area contributed by atoms with Crippen LogP contribution in [0, 0.1) is 0 Å². The second kappa shape index (κ2) is 7.48. The molecule has 0 aliphatic carbocycles. The normalized spacial score (nSPS) is 12.7. The molecule has 0 amide bonds. The highest BCUT2D eigenvalue weighted by atomic mass is 79.9. The van der Waals surface area contributed by atoms with Crippen LogP contribution in [0.4, 0.5) is 0 Å². The van der Waals surface area contributed by atoms with Crippen LogP contribution < -0.4 is 5.32 Å². The lowest BCUT2D eigenvalue weighted by Crippen LogP contribution is -2.23. The zero-order valence-electron chi connectivity index (χ0n) is 10.7. The summed E-state index contributed by atoms with van der Waals surface area (Å²) in [6.07, 6.45) is 1.03. The lowest BCUT2D eigenvalue weighted by Gasteiger charge is -2.20. The zero-order valence-corrected chi connectivity index (χ0v) is 15.4. The summed E-state index contributed by atoms with van der Waals surface area (Å²) in [4.78, 5) is 1.09. The molecule has 2 rings (SSSR count). The van der Waals surface area contributed by atoms with Crippen molar-refractivity contribution in [2.75, 3.05) is 6.54 Å². The molecule has 1 N–H and O–H groups in total. The molecule has 0 radical (unpaired) electrons. The van der Waals surface area contributed by atoms with E-state index >= 15 is 0 Å². The van der Waals surface area contributed by atoms with Gasteiger partial charge < -0.3 is 5.32 Å². The number of rotatable bonds is 5.